The Kier molecular flexibility index (Phi) is 5.30. The number of rotatable bonds is 6. The molecule has 0 N–H and O–H groups in total. The minimum atomic E-state index is -0.118. The highest BCUT2D eigenvalue weighted by Crippen LogP contribution is 2.32. The topological polar surface area (TPSA) is 68.5 Å². The van der Waals surface area contributed by atoms with Gasteiger partial charge >= 0.3 is 0 Å². The Labute approximate surface area is 168 Å². The van der Waals surface area contributed by atoms with Crippen LogP contribution in [0.4, 0.5) is 0 Å². The van der Waals surface area contributed by atoms with E-state index in [1.165, 1.54) is 0 Å². The van der Waals surface area contributed by atoms with E-state index in [1.54, 1.807) is 4.90 Å². The molecule has 1 aliphatic heterocycles. The van der Waals surface area contributed by atoms with Gasteiger partial charge in [-0.3, -0.25) is 4.79 Å². The van der Waals surface area contributed by atoms with Crippen molar-refractivity contribution in [3.05, 3.63) is 65.0 Å². The summed E-state index contributed by atoms with van der Waals surface area (Å²) in [5, 5.41) is 4.77. The van der Waals surface area contributed by atoms with Gasteiger partial charge < -0.3 is 14.2 Å². The molecular formula is C21H20ClN3O3. The van der Waals surface area contributed by atoms with E-state index >= 15 is 0 Å². The summed E-state index contributed by atoms with van der Waals surface area (Å²) in [5.74, 6) is 1.61. The van der Waals surface area contributed by atoms with Crippen molar-refractivity contribution in [2.45, 2.75) is 25.8 Å². The van der Waals surface area contributed by atoms with Crippen LogP contribution < -0.4 is 4.74 Å². The zero-order chi connectivity index (χ0) is 19.5. The third-order valence-electron chi connectivity index (χ3n) is 4.70. The normalized spacial score (nSPS) is 16.6. The zero-order valence-electron chi connectivity index (χ0n) is 15.5. The second-order valence-corrected chi connectivity index (χ2v) is 7.13. The van der Waals surface area contributed by atoms with Crippen LogP contribution >= 0.6 is 11.6 Å². The van der Waals surface area contributed by atoms with Crippen molar-refractivity contribution in [1.29, 1.82) is 0 Å². The predicted octanol–water partition coefficient (Wildman–Crippen LogP) is 4.30. The molecular weight excluding hydrogens is 378 g/mol. The van der Waals surface area contributed by atoms with Gasteiger partial charge in [0, 0.05) is 24.5 Å². The minimum absolute atomic E-state index is 0.0689. The summed E-state index contributed by atoms with van der Waals surface area (Å²) in [5.41, 5.74) is 1.78. The maximum absolute atomic E-state index is 12.4. The summed E-state index contributed by atoms with van der Waals surface area (Å²) >= 11 is 6.04. The van der Waals surface area contributed by atoms with E-state index in [-0.39, 0.29) is 11.8 Å². The van der Waals surface area contributed by atoms with Crippen LogP contribution in [0.5, 0.6) is 5.75 Å². The third kappa shape index (κ3) is 3.87. The molecule has 0 spiro atoms. The molecule has 1 aromatic heterocycles. The SMILES string of the molecule is CCOc1ccccc1-c1noc(C2CC(=O)N(Cc3cccc(Cl)c3)C2)n1. The van der Waals surface area contributed by atoms with Crippen LogP contribution in [0.15, 0.2) is 53.1 Å². The lowest BCUT2D eigenvalue weighted by Gasteiger charge is -2.16. The molecule has 28 heavy (non-hydrogen) atoms. The van der Waals surface area contributed by atoms with Gasteiger partial charge in [0.25, 0.3) is 0 Å². The number of aromatic nitrogens is 2. The van der Waals surface area contributed by atoms with E-state index < -0.39 is 0 Å². The highest BCUT2D eigenvalue weighted by molar-refractivity contribution is 6.30. The molecule has 0 aliphatic carbocycles. The molecule has 144 valence electrons. The number of carbonyl (C=O) groups excluding carboxylic acids is 1. The number of ether oxygens (including phenoxy) is 1. The second kappa shape index (κ2) is 8.02. The molecule has 0 saturated carbocycles. The molecule has 1 fully saturated rings. The third-order valence-corrected chi connectivity index (χ3v) is 4.93. The molecule has 1 atom stereocenters. The number of hydrogen-bond acceptors (Lipinski definition) is 5. The van der Waals surface area contributed by atoms with Crippen LogP contribution in [-0.4, -0.2) is 34.1 Å². The number of hydrogen-bond donors (Lipinski definition) is 0. The van der Waals surface area contributed by atoms with Gasteiger partial charge in [0.05, 0.1) is 18.1 Å². The maximum Gasteiger partial charge on any atom is 0.232 e. The van der Waals surface area contributed by atoms with Gasteiger partial charge in [0.1, 0.15) is 5.75 Å². The Bertz CT molecular complexity index is 988. The van der Waals surface area contributed by atoms with Gasteiger partial charge in [0.2, 0.25) is 17.6 Å². The summed E-state index contributed by atoms with van der Waals surface area (Å²) in [4.78, 5) is 18.8. The first-order chi connectivity index (χ1) is 13.6. The van der Waals surface area contributed by atoms with Crippen LogP contribution in [0, 0.1) is 0 Å². The highest BCUT2D eigenvalue weighted by Gasteiger charge is 2.34. The fourth-order valence-electron chi connectivity index (χ4n) is 3.39. The summed E-state index contributed by atoms with van der Waals surface area (Å²) < 4.78 is 11.1. The summed E-state index contributed by atoms with van der Waals surface area (Å²) in [7, 11) is 0. The number of nitrogens with zero attached hydrogens (tertiary/aromatic N) is 3. The smallest absolute Gasteiger partial charge is 0.232 e. The molecule has 0 radical (unpaired) electrons. The first-order valence-corrected chi connectivity index (χ1v) is 9.60. The number of likely N-dealkylation sites (tertiary alicyclic amines) is 1. The first kappa shape index (κ1) is 18.5. The standard InChI is InChI=1S/C21H20ClN3O3/c1-2-27-18-9-4-3-8-17(18)20-23-21(28-24-20)15-11-19(26)25(13-15)12-14-6-5-7-16(22)10-14/h3-10,15H,2,11-13H2,1H3. The lowest BCUT2D eigenvalue weighted by atomic mass is 10.1. The van der Waals surface area contributed by atoms with E-state index in [1.807, 2.05) is 55.5 Å². The van der Waals surface area contributed by atoms with E-state index in [9.17, 15) is 4.79 Å². The molecule has 1 aliphatic rings. The van der Waals surface area contributed by atoms with Crippen LogP contribution in [-0.2, 0) is 11.3 Å². The van der Waals surface area contributed by atoms with Gasteiger partial charge in [-0.25, -0.2) is 0 Å². The molecule has 2 aromatic carbocycles. The number of para-hydroxylation sites is 1. The Balaban J connectivity index is 1.50. The Morgan fingerprint density at radius 1 is 1.25 bits per heavy atom. The molecule has 1 unspecified atom stereocenters. The molecule has 3 aromatic rings. The number of halogens is 1. The lowest BCUT2D eigenvalue weighted by Crippen LogP contribution is -2.24. The minimum Gasteiger partial charge on any atom is -0.493 e. The van der Waals surface area contributed by atoms with Crippen molar-refractivity contribution in [3.63, 3.8) is 0 Å². The summed E-state index contributed by atoms with van der Waals surface area (Å²) in [6, 6.07) is 15.1. The molecule has 6 nitrogen and oxygen atoms in total. The Morgan fingerprint density at radius 3 is 2.93 bits per heavy atom. The van der Waals surface area contributed by atoms with E-state index in [4.69, 9.17) is 20.9 Å². The quantitative estimate of drug-likeness (QED) is 0.620. The van der Waals surface area contributed by atoms with Gasteiger partial charge in [0.15, 0.2) is 0 Å². The molecule has 0 bridgehead atoms. The molecule has 1 saturated heterocycles. The average molecular weight is 398 g/mol. The number of benzene rings is 2. The van der Waals surface area contributed by atoms with E-state index in [2.05, 4.69) is 10.1 Å². The first-order valence-electron chi connectivity index (χ1n) is 9.22. The fourth-order valence-corrected chi connectivity index (χ4v) is 3.60. The number of carbonyl (C=O) groups is 1. The molecule has 4 rings (SSSR count). The monoisotopic (exact) mass is 397 g/mol. The van der Waals surface area contributed by atoms with E-state index in [0.29, 0.717) is 48.6 Å². The summed E-state index contributed by atoms with van der Waals surface area (Å²) in [6.07, 6.45) is 0.356. The van der Waals surface area contributed by atoms with Gasteiger partial charge in [-0.1, -0.05) is 41.0 Å². The van der Waals surface area contributed by atoms with Crippen molar-refractivity contribution >= 4 is 17.5 Å². The van der Waals surface area contributed by atoms with Crippen LogP contribution in [0.1, 0.15) is 30.7 Å². The Morgan fingerprint density at radius 2 is 2.11 bits per heavy atom. The predicted molar refractivity (Wildman–Crippen MR) is 105 cm³/mol. The van der Waals surface area contributed by atoms with Crippen molar-refractivity contribution in [2.24, 2.45) is 0 Å². The van der Waals surface area contributed by atoms with Gasteiger partial charge in [-0.2, -0.15) is 4.98 Å². The van der Waals surface area contributed by atoms with Crippen molar-refractivity contribution < 1.29 is 14.1 Å². The van der Waals surface area contributed by atoms with Gasteiger partial charge in [-0.05, 0) is 36.8 Å². The van der Waals surface area contributed by atoms with Crippen LogP contribution in [0.2, 0.25) is 5.02 Å². The Hall–Kier alpha value is -2.86. The summed E-state index contributed by atoms with van der Waals surface area (Å²) in [6.45, 7) is 3.54. The maximum atomic E-state index is 12.4. The van der Waals surface area contributed by atoms with E-state index in [0.717, 1.165) is 11.1 Å². The lowest BCUT2D eigenvalue weighted by molar-refractivity contribution is -0.128. The number of amides is 1. The molecule has 1 amide bonds. The van der Waals surface area contributed by atoms with Crippen LogP contribution in [0.25, 0.3) is 11.4 Å². The van der Waals surface area contributed by atoms with Gasteiger partial charge in [-0.15, -0.1) is 0 Å². The van der Waals surface area contributed by atoms with Crippen LogP contribution in [0.3, 0.4) is 0 Å². The highest BCUT2D eigenvalue weighted by atomic mass is 35.5. The van der Waals surface area contributed by atoms with Crippen molar-refractivity contribution in [3.8, 4) is 17.1 Å². The largest absolute Gasteiger partial charge is 0.493 e. The second-order valence-electron chi connectivity index (χ2n) is 6.69. The van der Waals surface area contributed by atoms with Crippen molar-refractivity contribution in [1.82, 2.24) is 15.0 Å². The fraction of sp³-hybridized carbons (Fsp3) is 0.286. The molecule has 7 heteroatoms. The zero-order valence-corrected chi connectivity index (χ0v) is 16.2. The average Bonchev–Trinajstić information content (AvgIpc) is 3.30. The van der Waals surface area contributed by atoms with Crippen molar-refractivity contribution in [2.75, 3.05) is 13.2 Å². The molecule has 2 heterocycles.